The Morgan fingerprint density at radius 1 is 1.06 bits per heavy atom. The van der Waals surface area contributed by atoms with E-state index < -0.39 is 0 Å². The number of aromatic nitrogens is 2. The SMILES string of the molecule is CN=C(NCc1c(C)nn(-c2ccccc2)c1C)NCC1CCCOC1c1ccc(C)cc1. The van der Waals surface area contributed by atoms with Crippen LogP contribution in [0.1, 0.15) is 47.0 Å². The smallest absolute Gasteiger partial charge is 0.191 e. The lowest BCUT2D eigenvalue weighted by Gasteiger charge is -2.32. The summed E-state index contributed by atoms with van der Waals surface area (Å²) < 4.78 is 8.18. The summed E-state index contributed by atoms with van der Waals surface area (Å²) in [4.78, 5) is 4.45. The second kappa shape index (κ2) is 10.7. The zero-order chi connectivity index (χ0) is 23.2. The molecule has 1 aliphatic heterocycles. The fourth-order valence-corrected chi connectivity index (χ4v) is 4.55. The Hall–Kier alpha value is -3.12. The summed E-state index contributed by atoms with van der Waals surface area (Å²) in [5.41, 5.74) is 6.97. The molecule has 1 saturated heterocycles. The zero-order valence-corrected chi connectivity index (χ0v) is 20.1. The number of nitrogens with one attached hydrogen (secondary N) is 2. The minimum Gasteiger partial charge on any atom is -0.373 e. The molecule has 3 aromatic rings. The molecule has 6 nitrogen and oxygen atoms in total. The molecule has 2 N–H and O–H groups in total. The number of aryl methyl sites for hydroxylation is 2. The van der Waals surface area contributed by atoms with Crippen molar-refractivity contribution in [3.63, 3.8) is 0 Å². The predicted octanol–water partition coefficient (Wildman–Crippen LogP) is 4.63. The monoisotopic (exact) mass is 445 g/mol. The van der Waals surface area contributed by atoms with Crippen LogP contribution in [0.2, 0.25) is 0 Å². The summed E-state index contributed by atoms with van der Waals surface area (Å²) in [6.07, 6.45) is 2.36. The van der Waals surface area contributed by atoms with Gasteiger partial charge in [0, 0.05) is 43.9 Å². The van der Waals surface area contributed by atoms with Crippen molar-refractivity contribution >= 4 is 5.96 Å². The van der Waals surface area contributed by atoms with Crippen LogP contribution in [0, 0.1) is 26.7 Å². The standard InChI is InChI=1S/C27H35N5O/c1-19-12-14-22(15-13-19)26-23(9-8-16-33-26)17-29-27(28-4)30-18-25-20(2)31-32(21(25)3)24-10-6-5-7-11-24/h5-7,10-15,23,26H,8-9,16-18H2,1-4H3,(H2,28,29,30). The molecular weight excluding hydrogens is 410 g/mol. The van der Waals surface area contributed by atoms with Gasteiger partial charge in [-0.3, -0.25) is 4.99 Å². The summed E-state index contributed by atoms with van der Waals surface area (Å²) in [7, 11) is 1.82. The van der Waals surface area contributed by atoms with Gasteiger partial charge in [0.05, 0.1) is 17.5 Å². The van der Waals surface area contributed by atoms with Crippen molar-refractivity contribution in [2.45, 2.75) is 46.3 Å². The zero-order valence-electron chi connectivity index (χ0n) is 20.1. The average Bonchev–Trinajstić information content (AvgIpc) is 3.14. The van der Waals surface area contributed by atoms with E-state index in [4.69, 9.17) is 9.84 Å². The van der Waals surface area contributed by atoms with Crippen molar-refractivity contribution in [2.24, 2.45) is 10.9 Å². The number of hydrogen-bond acceptors (Lipinski definition) is 3. The molecule has 1 aliphatic rings. The van der Waals surface area contributed by atoms with Gasteiger partial charge in [0.2, 0.25) is 0 Å². The summed E-state index contributed by atoms with van der Waals surface area (Å²) in [6, 6.07) is 19.0. The van der Waals surface area contributed by atoms with Gasteiger partial charge in [-0.2, -0.15) is 5.10 Å². The summed E-state index contributed by atoms with van der Waals surface area (Å²) in [5.74, 6) is 1.21. The van der Waals surface area contributed by atoms with Crippen molar-refractivity contribution in [3.05, 3.63) is 82.7 Å². The molecule has 0 bridgehead atoms. The van der Waals surface area contributed by atoms with Gasteiger partial charge in [-0.25, -0.2) is 4.68 Å². The van der Waals surface area contributed by atoms with Crippen molar-refractivity contribution in [2.75, 3.05) is 20.2 Å². The van der Waals surface area contributed by atoms with Crippen molar-refractivity contribution in [3.8, 4) is 5.69 Å². The molecule has 0 spiro atoms. The van der Waals surface area contributed by atoms with E-state index in [2.05, 4.69) is 72.8 Å². The van der Waals surface area contributed by atoms with Crippen LogP contribution >= 0.6 is 0 Å². The summed E-state index contributed by atoms with van der Waals surface area (Å²) >= 11 is 0. The highest BCUT2D eigenvalue weighted by Gasteiger charge is 2.27. The van der Waals surface area contributed by atoms with E-state index in [1.807, 2.05) is 29.9 Å². The maximum absolute atomic E-state index is 6.18. The number of guanidine groups is 1. The second-order valence-corrected chi connectivity index (χ2v) is 8.81. The van der Waals surface area contributed by atoms with Gasteiger partial charge in [-0.15, -0.1) is 0 Å². The van der Waals surface area contributed by atoms with Gasteiger partial charge >= 0.3 is 0 Å². The molecule has 2 aromatic carbocycles. The average molecular weight is 446 g/mol. The quantitative estimate of drug-likeness (QED) is 0.429. The minimum absolute atomic E-state index is 0.124. The van der Waals surface area contributed by atoms with Crippen LogP contribution in [-0.4, -0.2) is 35.9 Å². The fourth-order valence-electron chi connectivity index (χ4n) is 4.55. The third kappa shape index (κ3) is 5.45. The predicted molar refractivity (Wildman–Crippen MR) is 134 cm³/mol. The van der Waals surface area contributed by atoms with E-state index in [-0.39, 0.29) is 6.10 Å². The third-order valence-electron chi connectivity index (χ3n) is 6.48. The van der Waals surface area contributed by atoms with E-state index in [1.54, 1.807) is 0 Å². The molecule has 0 saturated carbocycles. The largest absolute Gasteiger partial charge is 0.373 e. The minimum atomic E-state index is 0.124. The van der Waals surface area contributed by atoms with Gasteiger partial charge < -0.3 is 15.4 Å². The van der Waals surface area contributed by atoms with Crippen LogP contribution in [0.4, 0.5) is 0 Å². The molecule has 0 amide bonds. The number of aliphatic imine (C=N–C) groups is 1. The Balaban J connectivity index is 1.38. The van der Waals surface area contributed by atoms with Gasteiger partial charge in [-0.1, -0.05) is 48.0 Å². The van der Waals surface area contributed by atoms with Crippen LogP contribution in [-0.2, 0) is 11.3 Å². The first-order chi connectivity index (χ1) is 16.1. The van der Waals surface area contributed by atoms with Gasteiger partial charge in [0.25, 0.3) is 0 Å². The molecule has 2 unspecified atom stereocenters. The molecule has 174 valence electrons. The number of benzene rings is 2. The highest BCUT2D eigenvalue weighted by atomic mass is 16.5. The maximum atomic E-state index is 6.18. The molecule has 0 aliphatic carbocycles. The number of ether oxygens (including phenoxy) is 1. The van der Waals surface area contributed by atoms with E-state index in [1.165, 1.54) is 16.7 Å². The lowest BCUT2D eigenvalue weighted by Crippen LogP contribution is -2.41. The van der Waals surface area contributed by atoms with Crippen LogP contribution in [0.5, 0.6) is 0 Å². The molecule has 4 rings (SSSR count). The fraction of sp³-hybridized carbons (Fsp3) is 0.407. The lowest BCUT2D eigenvalue weighted by molar-refractivity contribution is -0.0265. The topological polar surface area (TPSA) is 63.5 Å². The Kier molecular flexibility index (Phi) is 7.45. The van der Waals surface area contributed by atoms with Gasteiger partial charge in [0.15, 0.2) is 5.96 Å². The van der Waals surface area contributed by atoms with Crippen molar-refractivity contribution in [1.29, 1.82) is 0 Å². The Morgan fingerprint density at radius 3 is 2.55 bits per heavy atom. The Labute approximate surface area is 197 Å². The summed E-state index contributed by atoms with van der Waals surface area (Å²) in [5, 5.41) is 11.8. The highest BCUT2D eigenvalue weighted by Crippen LogP contribution is 2.33. The van der Waals surface area contributed by atoms with Crippen LogP contribution < -0.4 is 10.6 Å². The van der Waals surface area contributed by atoms with Crippen LogP contribution in [0.15, 0.2) is 59.6 Å². The van der Waals surface area contributed by atoms with Crippen LogP contribution in [0.25, 0.3) is 5.69 Å². The van der Waals surface area contributed by atoms with E-state index in [0.717, 1.165) is 49.0 Å². The molecule has 1 fully saturated rings. The summed E-state index contributed by atoms with van der Waals surface area (Å²) in [6.45, 7) is 8.61. The highest BCUT2D eigenvalue weighted by molar-refractivity contribution is 5.79. The van der Waals surface area contributed by atoms with E-state index in [0.29, 0.717) is 12.5 Å². The molecule has 2 heterocycles. The molecule has 33 heavy (non-hydrogen) atoms. The molecule has 0 radical (unpaired) electrons. The lowest BCUT2D eigenvalue weighted by atomic mass is 9.89. The number of nitrogens with zero attached hydrogens (tertiary/aromatic N) is 3. The van der Waals surface area contributed by atoms with Crippen LogP contribution in [0.3, 0.4) is 0 Å². The molecule has 6 heteroatoms. The molecular formula is C27H35N5O. The number of para-hydroxylation sites is 1. The van der Waals surface area contributed by atoms with Crippen molar-refractivity contribution < 1.29 is 4.74 Å². The Bertz CT molecular complexity index is 1070. The Morgan fingerprint density at radius 2 is 1.82 bits per heavy atom. The van der Waals surface area contributed by atoms with E-state index in [9.17, 15) is 0 Å². The first-order valence-corrected chi connectivity index (χ1v) is 11.8. The first kappa shape index (κ1) is 23.1. The first-order valence-electron chi connectivity index (χ1n) is 11.8. The number of hydrogen-bond donors (Lipinski definition) is 2. The number of rotatable bonds is 6. The van der Waals surface area contributed by atoms with E-state index >= 15 is 0 Å². The van der Waals surface area contributed by atoms with Gasteiger partial charge in [0.1, 0.15) is 0 Å². The third-order valence-corrected chi connectivity index (χ3v) is 6.48. The van der Waals surface area contributed by atoms with Gasteiger partial charge in [-0.05, 0) is 51.3 Å². The second-order valence-electron chi connectivity index (χ2n) is 8.81. The molecule has 1 aromatic heterocycles. The normalized spacial score (nSPS) is 18.8. The molecule has 2 atom stereocenters. The van der Waals surface area contributed by atoms with Crippen molar-refractivity contribution in [1.82, 2.24) is 20.4 Å². The maximum Gasteiger partial charge on any atom is 0.191 e.